The van der Waals surface area contributed by atoms with Crippen LogP contribution in [-0.4, -0.2) is 14.8 Å². The first-order valence-electron chi connectivity index (χ1n) is 5.27. The maximum atomic E-state index is 11.1. The number of nitrogens with zero attached hydrogens (tertiary/aromatic N) is 2. The number of fused-ring (bicyclic) bond motifs is 1. The van der Waals surface area contributed by atoms with Gasteiger partial charge in [0.15, 0.2) is 5.58 Å². The Labute approximate surface area is 96.7 Å². The molecule has 0 saturated carbocycles. The van der Waals surface area contributed by atoms with Crippen LogP contribution >= 0.6 is 0 Å². The van der Waals surface area contributed by atoms with Crippen molar-refractivity contribution >= 4 is 11.1 Å². The Morgan fingerprint density at radius 2 is 2.18 bits per heavy atom. The summed E-state index contributed by atoms with van der Waals surface area (Å²) in [5, 5.41) is 4.29. The SMILES string of the molecule is Cc1cc(-c2ccc3oc(=O)[nH]c3c2)n(C)n1. The summed E-state index contributed by atoms with van der Waals surface area (Å²) in [4.78, 5) is 13.7. The predicted octanol–water partition coefficient (Wildman–Crippen LogP) is 1.83. The van der Waals surface area contributed by atoms with E-state index in [9.17, 15) is 4.79 Å². The standard InChI is InChI=1S/C12H11N3O2/c1-7-5-10(15(2)14-7)8-3-4-11-9(6-8)13-12(16)17-11/h3-6H,1-2H3,(H,13,16). The van der Waals surface area contributed by atoms with E-state index in [4.69, 9.17) is 4.42 Å². The van der Waals surface area contributed by atoms with Gasteiger partial charge in [-0.05, 0) is 31.2 Å². The fourth-order valence-electron chi connectivity index (χ4n) is 1.99. The molecular formula is C12H11N3O2. The van der Waals surface area contributed by atoms with Crippen molar-refractivity contribution in [2.75, 3.05) is 0 Å². The molecule has 0 aliphatic rings. The van der Waals surface area contributed by atoms with Crippen molar-refractivity contribution < 1.29 is 4.42 Å². The van der Waals surface area contributed by atoms with E-state index in [1.54, 1.807) is 6.07 Å². The van der Waals surface area contributed by atoms with Gasteiger partial charge in [0.25, 0.3) is 0 Å². The Hall–Kier alpha value is -2.30. The normalized spacial score (nSPS) is 11.2. The van der Waals surface area contributed by atoms with E-state index in [2.05, 4.69) is 10.1 Å². The van der Waals surface area contributed by atoms with Crippen LogP contribution in [0.15, 0.2) is 33.5 Å². The van der Waals surface area contributed by atoms with Crippen molar-refractivity contribution in [1.82, 2.24) is 14.8 Å². The number of aromatic nitrogens is 3. The number of benzene rings is 1. The first-order chi connectivity index (χ1) is 8.13. The second-order valence-electron chi connectivity index (χ2n) is 4.02. The van der Waals surface area contributed by atoms with E-state index in [-0.39, 0.29) is 0 Å². The van der Waals surface area contributed by atoms with E-state index < -0.39 is 5.76 Å². The van der Waals surface area contributed by atoms with Crippen LogP contribution in [0.2, 0.25) is 0 Å². The van der Waals surface area contributed by atoms with Gasteiger partial charge in [-0.3, -0.25) is 9.67 Å². The minimum atomic E-state index is -0.432. The summed E-state index contributed by atoms with van der Waals surface area (Å²) in [6, 6.07) is 7.58. The molecule has 1 N–H and O–H groups in total. The van der Waals surface area contributed by atoms with Crippen LogP contribution in [0.5, 0.6) is 0 Å². The van der Waals surface area contributed by atoms with Crippen molar-refractivity contribution in [3.05, 3.63) is 40.5 Å². The maximum absolute atomic E-state index is 11.1. The third-order valence-corrected chi connectivity index (χ3v) is 2.72. The number of hydrogen-bond acceptors (Lipinski definition) is 3. The zero-order valence-electron chi connectivity index (χ0n) is 9.52. The van der Waals surface area contributed by atoms with Gasteiger partial charge in [0.05, 0.1) is 16.9 Å². The number of aromatic amines is 1. The summed E-state index contributed by atoms with van der Waals surface area (Å²) < 4.78 is 6.77. The lowest BCUT2D eigenvalue weighted by atomic mass is 10.1. The van der Waals surface area contributed by atoms with Crippen molar-refractivity contribution in [3.63, 3.8) is 0 Å². The van der Waals surface area contributed by atoms with Gasteiger partial charge >= 0.3 is 5.76 Å². The number of H-pyrrole nitrogens is 1. The van der Waals surface area contributed by atoms with Crippen molar-refractivity contribution in [2.45, 2.75) is 6.92 Å². The van der Waals surface area contributed by atoms with Crippen LogP contribution in [0, 0.1) is 6.92 Å². The Morgan fingerprint density at radius 1 is 1.35 bits per heavy atom. The molecule has 0 amide bonds. The molecule has 5 nitrogen and oxygen atoms in total. The third-order valence-electron chi connectivity index (χ3n) is 2.72. The van der Waals surface area contributed by atoms with E-state index in [1.807, 2.05) is 36.9 Å². The lowest BCUT2D eigenvalue weighted by molar-refractivity contribution is 0.555. The smallest absolute Gasteiger partial charge is 0.408 e. The Balaban J connectivity index is 2.23. The molecule has 0 saturated heterocycles. The topological polar surface area (TPSA) is 63.8 Å². The molecule has 0 bridgehead atoms. The van der Waals surface area contributed by atoms with Gasteiger partial charge < -0.3 is 4.42 Å². The Morgan fingerprint density at radius 3 is 2.88 bits per heavy atom. The maximum Gasteiger partial charge on any atom is 0.417 e. The summed E-state index contributed by atoms with van der Waals surface area (Å²) in [6.07, 6.45) is 0. The second-order valence-corrected chi connectivity index (χ2v) is 4.02. The van der Waals surface area contributed by atoms with Gasteiger partial charge in [-0.2, -0.15) is 5.10 Å². The van der Waals surface area contributed by atoms with E-state index in [0.717, 1.165) is 17.0 Å². The molecular weight excluding hydrogens is 218 g/mol. The van der Waals surface area contributed by atoms with Crippen LogP contribution in [0.4, 0.5) is 0 Å². The molecule has 17 heavy (non-hydrogen) atoms. The summed E-state index contributed by atoms with van der Waals surface area (Å²) in [7, 11) is 1.89. The van der Waals surface area contributed by atoms with Crippen LogP contribution in [0.1, 0.15) is 5.69 Å². The molecule has 0 atom stereocenters. The molecule has 0 unspecified atom stereocenters. The Bertz CT molecular complexity index is 749. The van der Waals surface area contributed by atoms with E-state index >= 15 is 0 Å². The molecule has 0 aliphatic carbocycles. The average molecular weight is 229 g/mol. The number of rotatable bonds is 1. The zero-order chi connectivity index (χ0) is 12.0. The average Bonchev–Trinajstić information content (AvgIpc) is 2.78. The minimum absolute atomic E-state index is 0.432. The van der Waals surface area contributed by atoms with E-state index in [1.165, 1.54) is 0 Å². The lowest BCUT2D eigenvalue weighted by Gasteiger charge is -2.00. The Kier molecular flexibility index (Phi) is 1.95. The van der Waals surface area contributed by atoms with Crippen LogP contribution in [0.3, 0.4) is 0 Å². The van der Waals surface area contributed by atoms with Gasteiger partial charge in [-0.25, -0.2) is 4.79 Å². The molecule has 0 aliphatic heterocycles. The molecule has 2 aromatic heterocycles. The molecule has 0 spiro atoms. The summed E-state index contributed by atoms with van der Waals surface area (Å²) in [6.45, 7) is 1.95. The summed E-state index contributed by atoms with van der Waals surface area (Å²) >= 11 is 0. The molecule has 3 rings (SSSR count). The minimum Gasteiger partial charge on any atom is -0.408 e. The number of nitrogens with one attached hydrogen (secondary N) is 1. The van der Waals surface area contributed by atoms with Crippen molar-refractivity contribution in [2.24, 2.45) is 7.05 Å². The van der Waals surface area contributed by atoms with Crippen LogP contribution < -0.4 is 5.76 Å². The first kappa shape index (κ1) is 9.89. The highest BCUT2D eigenvalue weighted by Gasteiger charge is 2.07. The fourth-order valence-corrected chi connectivity index (χ4v) is 1.99. The second kappa shape index (κ2) is 3.35. The quantitative estimate of drug-likeness (QED) is 0.692. The van der Waals surface area contributed by atoms with Gasteiger partial charge in [0, 0.05) is 12.6 Å². The highest BCUT2D eigenvalue weighted by atomic mass is 16.4. The molecule has 2 heterocycles. The molecule has 0 fully saturated rings. The highest BCUT2D eigenvalue weighted by molar-refractivity contribution is 5.79. The van der Waals surface area contributed by atoms with Gasteiger partial charge in [-0.15, -0.1) is 0 Å². The highest BCUT2D eigenvalue weighted by Crippen LogP contribution is 2.23. The fraction of sp³-hybridized carbons (Fsp3) is 0.167. The largest absolute Gasteiger partial charge is 0.417 e. The van der Waals surface area contributed by atoms with Crippen LogP contribution in [0.25, 0.3) is 22.4 Å². The first-order valence-corrected chi connectivity index (χ1v) is 5.27. The molecule has 86 valence electrons. The molecule has 0 radical (unpaired) electrons. The molecule has 1 aromatic carbocycles. The number of hydrogen-bond donors (Lipinski definition) is 1. The van der Waals surface area contributed by atoms with Gasteiger partial charge in [-0.1, -0.05) is 0 Å². The van der Waals surface area contributed by atoms with Crippen molar-refractivity contribution in [3.8, 4) is 11.3 Å². The summed E-state index contributed by atoms with van der Waals surface area (Å²) in [5.41, 5.74) is 4.23. The number of oxazole rings is 1. The van der Waals surface area contributed by atoms with Crippen LogP contribution in [-0.2, 0) is 7.05 Å². The van der Waals surface area contributed by atoms with Crippen molar-refractivity contribution in [1.29, 1.82) is 0 Å². The van der Waals surface area contributed by atoms with Gasteiger partial charge in [0.2, 0.25) is 0 Å². The van der Waals surface area contributed by atoms with Gasteiger partial charge in [0.1, 0.15) is 0 Å². The summed E-state index contributed by atoms with van der Waals surface area (Å²) in [5.74, 6) is -0.432. The zero-order valence-corrected chi connectivity index (χ0v) is 9.52. The number of aryl methyl sites for hydroxylation is 2. The third kappa shape index (κ3) is 1.56. The van der Waals surface area contributed by atoms with E-state index in [0.29, 0.717) is 11.1 Å². The predicted molar refractivity (Wildman–Crippen MR) is 63.8 cm³/mol. The molecule has 3 aromatic rings. The monoisotopic (exact) mass is 229 g/mol. The lowest BCUT2D eigenvalue weighted by Crippen LogP contribution is -1.94. The molecule has 5 heteroatoms.